The van der Waals surface area contributed by atoms with Crippen LogP contribution in [-0.2, 0) is 15.0 Å². The highest BCUT2D eigenvalue weighted by Crippen LogP contribution is 2.43. The lowest BCUT2D eigenvalue weighted by Gasteiger charge is -2.26. The highest BCUT2D eigenvalue weighted by molar-refractivity contribution is 6.51. The minimum absolute atomic E-state index is 0.00581. The Kier molecular flexibility index (Phi) is 6.15. The second-order valence-electron chi connectivity index (χ2n) is 9.74. The van der Waals surface area contributed by atoms with E-state index in [4.69, 9.17) is 4.74 Å². The number of amides is 1. The van der Waals surface area contributed by atoms with Crippen molar-refractivity contribution in [3.63, 3.8) is 0 Å². The number of carbonyl (C=O) groups is 2. The quantitative estimate of drug-likeness (QED) is 0.292. The van der Waals surface area contributed by atoms with Gasteiger partial charge in [0.25, 0.3) is 11.7 Å². The van der Waals surface area contributed by atoms with Crippen molar-refractivity contribution in [2.45, 2.75) is 39.2 Å². The van der Waals surface area contributed by atoms with Crippen LogP contribution < -0.4 is 9.64 Å². The van der Waals surface area contributed by atoms with Crippen LogP contribution in [-0.4, -0.2) is 29.0 Å². The number of aliphatic hydroxyl groups is 1. The van der Waals surface area contributed by atoms with E-state index in [2.05, 4.69) is 20.8 Å². The molecule has 0 aromatic heterocycles. The van der Waals surface area contributed by atoms with Gasteiger partial charge in [-0.05, 0) is 71.5 Å². The van der Waals surface area contributed by atoms with Crippen LogP contribution in [0.4, 0.5) is 5.69 Å². The first kappa shape index (κ1) is 24.1. The van der Waals surface area contributed by atoms with Gasteiger partial charge in [-0.1, -0.05) is 45.0 Å². The summed E-state index contributed by atoms with van der Waals surface area (Å²) in [7, 11) is 1.54. The summed E-state index contributed by atoms with van der Waals surface area (Å²) in [5, 5.41) is 21.7. The number of hydrogen-bond donors (Lipinski definition) is 2. The fourth-order valence-electron chi connectivity index (χ4n) is 4.34. The van der Waals surface area contributed by atoms with E-state index in [1.165, 1.54) is 17.0 Å². The zero-order chi connectivity index (χ0) is 25.5. The molecule has 1 saturated heterocycles. The molecule has 3 aromatic carbocycles. The molecular formula is C29H29NO5. The lowest BCUT2D eigenvalue weighted by Crippen LogP contribution is -2.29. The van der Waals surface area contributed by atoms with Gasteiger partial charge in [-0.25, -0.2) is 0 Å². The Balaban J connectivity index is 1.97. The van der Waals surface area contributed by atoms with Crippen molar-refractivity contribution in [3.05, 3.63) is 94.6 Å². The SMILES string of the molecule is COc1ccc(N2C(=O)C(=O)/C(=C(/O)c3cc(C(C)(C)C)ccc3C)C2c2cccc(O)c2)cc1. The molecule has 1 unspecified atom stereocenters. The van der Waals surface area contributed by atoms with E-state index in [9.17, 15) is 19.8 Å². The van der Waals surface area contributed by atoms with Crippen LogP contribution in [0.1, 0.15) is 49.1 Å². The number of nitrogens with zero attached hydrogens (tertiary/aromatic N) is 1. The lowest BCUT2D eigenvalue weighted by atomic mass is 9.84. The van der Waals surface area contributed by atoms with Gasteiger partial charge < -0.3 is 14.9 Å². The summed E-state index contributed by atoms with van der Waals surface area (Å²) in [6.45, 7) is 8.05. The molecule has 1 aliphatic rings. The van der Waals surface area contributed by atoms with Crippen LogP contribution in [0.15, 0.2) is 72.3 Å². The number of ether oxygens (including phenoxy) is 1. The highest BCUT2D eigenvalue weighted by atomic mass is 16.5. The molecule has 6 nitrogen and oxygen atoms in total. The van der Waals surface area contributed by atoms with E-state index in [1.807, 2.05) is 25.1 Å². The molecule has 1 aliphatic heterocycles. The summed E-state index contributed by atoms with van der Waals surface area (Å²) in [5.41, 5.74) is 3.04. The molecule has 0 spiro atoms. The van der Waals surface area contributed by atoms with Crippen LogP contribution in [0.2, 0.25) is 0 Å². The molecule has 35 heavy (non-hydrogen) atoms. The summed E-state index contributed by atoms with van der Waals surface area (Å²) < 4.78 is 5.22. The molecule has 2 N–H and O–H groups in total. The van der Waals surface area contributed by atoms with Crippen molar-refractivity contribution in [2.75, 3.05) is 12.0 Å². The summed E-state index contributed by atoms with van der Waals surface area (Å²) in [6, 6.07) is 18.0. The number of ketones is 1. The number of aliphatic hydroxyl groups excluding tert-OH is 1. The molecule has 0 radical (unpaired) electrons. The average molecular weight is 472 g/mol. The van der Waals surface area contributed by atoms with E-state index in [1.54, 1.807) is 43.5 Å². The molecule has 6 heteroatoms. The number of carbonyl (C=O) groups excluding carboxylic acids is 2. The Morgan fingerprint density at radius 2 is 1.66 bits per heavy atom. The van der Waals surface area contributed by atoms with Gasteiger partial charge in [0.15, 0.2) is 0 Å². The number of rotatable bonds is 4. The Bertz CT molecular complexity index is 1330. The fourth-order valence-corrected chi connectivity index (χ4v) is 4.34. The van der Waals surface area contributed by atoms with Crippen LogP contribution in [0.5, 0.6) is 11.5 Å². The molecule has 0 saturated carbocycles. The zero-order valence-electron chi connectivity index (χ0n) is 20.5. The predicted octanol–water partition coefficient (Wildman–Crippen LogP) is 5.63. The highest BCUT2D eigenvalue weighted by Gasteiger charge is 2.47. The maximum Gasteiger partial charge on any atom is 0.300 e. The molecule has 0 aliphatic carbocycles. The molecule has 0 bridgehead atoms. The van der Waals surface area contributed by atoms with Crippen LogP contribution >= 0.6 is 0 Å². The van der Waals surface area contributed by atoms with E-state index in [-0.39, 0.29) is 22.5 Å². The van der Waals surface area contributed by atoms with Gasteiger partial charge >= 0.3 is 0 Å². The second-order valence-corrected chi connectivity index (χ2v) is 9.74. The van der Waals surface area contributed by atoms with Gasteiger partial charge in [0.05, 0.1) is 18.7 Å². The van der Waals surface area contributed by atoms with E-state index < -0.39 is 17.7 Å². The summed E-state index contributed by atoms with van der Waals surface area (Å²) in [4.78, 5) is 28.1. The Hall–Kier alpha value is -4.06. The number of aryl methyl sites for hydroxylation is 1. The van der Waals surface area contributed by atoms with Crippen molar-refractivity contribution in [3.8, 4) is 11.5 Å². The third-order valence-corrected chi connectivity index (χ3v) is 6.34. The maximum absolute atomic E-state index is 13.4. The monoisotopic (exact) mass is 471 g/mol. The normalized spacial score (nSPS) is 17.6. The lowest BCUT2D eigenvalue weighted by molar-refractivity contribution is -0.132. The fraction of sp³-hybridized carbons (Fsp3) is 0.241. The second kappa shape index (κ2) is 8.95. The Morgan fingerprint density at radius 3 is 2.26 bits per heavy atom. The van der Waals surface area contributed by atoms with Crippen LogP contribution in [0.3, 0.4) is 0 Å². The topological polar surface area (TPSA) is 87.1 Å². The maximum atomic E-state index is 13.4. The largest absolute Gasteiger partial charge is 0.508 e. The average Bonchev–Trinajstić information content (AvgIpc) is 3.08. The van der Waals surface area contributed by atoms with E-state index >= 15 is 0 Å². The van der Waals surface area contributed by atoms with Crippen LogP contribution in [0, 0.1) is 6.92 Å². The van der Waals surface area contributed by atoms with Crippen molar-refractivity contribution < 1.29 is 24.5 Å². The predicted molar refractivity (Wildman–Crippen MR) is 136 cm³/mol. The number of methoxy groups -OCH3 is 1. The molecule has 4 rings (SSSR count). The Morgan fingerprint density at radius 1 is 0.971 bits per heavy atom. The first-order valence-corrected chi connectivity index (χ1v) is 11.4. The van der Waals surface area contributed by atoms with Crippen molar-refractivity contribution in [2.24, 2.45) is 0 Å². The number of Topliss-reactive ketones (excluding diaryl/α,β-unsaturated/α-hetero) is 1. The van der Waals surface area contributed by atoms with E-state index in [0.29, 0.717) is 22.6 Å². The minimum Gasteiger partial charge on any atom is -0.508 e. The number of benzene rings is 3. The van der Waals surface area contributed by atoms with Gasteiger partial charge in [-0.15, -0.1) is 0 Å². The van der Waals surface area contributed by atoms with Gasteiger partial charge in [-0.3, -0.25) is 14.5 Å². The number of anilines is 1. The summed E-state index contributed by atoms with van der Waals surface area (Å²) in [5.74, 6) is -1.18. The molecule has 180 valence electrons. The van der Waals surface area contributed by atoms with Crippen LogP contribution in [0.25, 0.3) is 5.76 Å². The zero-order valence-corrected chi connectivity index (χ0v) is 20.5. The number of phenolic OH excluding ortho intramolecular Hbond substituents is 1. The number of aromatic hydroxyl groups is 1. The molecule has 3 aromatic rings. The standard InChI is InChI=1S/C29H29NO5/c1-17-9-10-19(29(2,3)4)16-23(17)26(32)24-25(18-7-6-8-21(31)15-18)30(28(34)27(24)33)20-11-13-22(35-5)14-12-20/h6-16,25,31-32H,1-5H3/b26-24+. The molecular weight excluding hydrogens is 442 g/mol. The van der Waals surface area contributed by atoms with Gasteiger partial charge in [-0.2, -0.15) is 0 Å². The first-order valence-electron chi connectivity index (χ1n) is 11.4. The number of hydrogen-bond acceptors (Lipinski definition) is 5. The molecule has 1 atom stereocenters. The van der Waals surface area contributed by atoms with Crippen molar-refractivity contribution >= 4 is 23.1 Å². The first-order chi connectivity index (χ1) is 16.5. The summed E-state index contributed by atoms with van der Waals surface area (Å²) in [6.07, 6.45) is 0. The molecule has 1 heterocycles. The third kappa shape index (κ3) is 4.39. The minimum atomic E-state index is -0.923. The van der Waals surface area contributed by atoms with Gasteiger partial charge in [0, 0.05) is 11.3 Å². The smallest absolute Gasteiger partial charge is 0.300 e. The molecule has 1 amide bonds. The third-order valence-electron chi connectivity index (χ3n) is 6.34. The number of phenols is 1. The van der Waals surface area contributed by atoms with Crippen molar-refractivity contribution in [1.82, 2.24) is 0 Å². The Labute approximate surface area is 205 Å². The van der Waals surface area contributed by atoms with Gasteiger partial charge in [0.2, 0.25) is 0 Å². The summed E-state index contributed by atoms with van der Waals surface area (Å²) >= 11 is 0. The van der Waals surface area contributed by atoms with Gasteiger partial charge in [0.1, 0.15) is 17.3 Å². The van der Waals surface area contributed by atoms with Crippen molar-refractivity contribution in [1.29, 1.82) is 0 Å². The molecule has 1 fully saturated rings. The van der Waals surface area contributed by atoms with E-state index in [0.717, 1.165) is 11.1 Å².